The van der Waals surface area contributed by atoms with Crippen molar-refractivity contribution in [2.45, 2.75) is 17.7 Å². The lowest BCUT2D eigenvalue weighted by atomic mass is 10.4. The Bertz CT molecular complexity index is 502. The van der Waals surface area contributed by atoms with Crippen molar-refractivity contribution in [2.75, 3.05) is 26.8 Å². The summed E-state index contributed by atoms with van der Waals surface area (Å²) in [7, 11) is -1.94. The van der Waals surface area contributed by atoms with Crippen molar-refractivity contribution in [3.05, 3.63) is 30.3 Å². The van der Waals surface area contributed by atoms with Gasteiger partial charge in [0, 0.05) is 33.2 Å². The number of hydrogen-bond acceptors (Lipinski definition) is 4. The second-order valence-electron chi connectivity index (χ2n) is 4.16. The maximum atomic E-state index is 11.9. The molecule has 0 saturated heterocycles. The molecular formula is C13H20N2O4S. The molecule has 0 saturated carbocycles. The van der Waals surface area contributed by atoms with E-state index in [1.165, 1.54) is 12.1 Å². The summed E-state index contributed by atoms with van der Waals surface area (Å²) in [5.74, 6) is -0.183. The summed E-state index contributed by atoms with van der Waals surface area (Å²) >= 11 is 0. The lowest BCUT2D eigenvalue weighted by Gasteiger charge is -2.07. The van der Waals surface area contributed by atoms with Crippen molar-refractivity contribution >= 4 is 15.9 Å². The zero-order valence-corrected chi connectivity index (χ0v) is 12.3. The Morgan fingerprint density at radius 2 is 1.90 bits per heavy atom. The van der Waals surface area contributed by atoms with Crippen molar-refractivity contribution in [3.8, 4) is 0 Å². The molecular weight excluding hydrogens is 280 g/mol. The highest BCUT2D eigenvalue weighted by molar-refractivity contribution is 7.89. The molecule has 0 aromatic heterocycles. The van der Waals surface area contributed by atoms with Gasteiger partial charge >= 0.3 is 0 Å². The van der Waals surface area contributed by atoms with Crippen LogP contribution >= 0.6 is 0 Å². The van der Waals surface area contributed by atoms with Crippen LogP contribution in [0.4, 0.5) is 0 Å². The minimum atomic E-state index is -3.54. The van der Waals surface area contributed by atoms with Gasteiger partial charge in [-0.3, -0.25) is 4.79 Å². The molecule has 0 aliphatic rings. The van der Waals surface area contributed by atoms with E-state index in [1.54, 1.807) is 25.3 Å². The van der Waals surface area contributed by atoms with Crippen LogP contribution in [0, 0.1) is 0 Å². The predicted molar refractivity (Wildman–Crippen MR) is 75.8 cm³/mol. The molecule has 0 spiro atoms. The predicted octanol–water partition coefficient (Wildman–Crippen LogP) is 0.508. The third-order valence-corrected chi connectivity index (χ3v) is 4.02. The monoisotopic (exact) mass is 300 g/mol. The second-order valence-corrected chi connectivity index (χ2v) is 5.92. The Morgan fingerprint density at radius 3 is 2.55 bits per heavy atom. The van der Waals surface area contributed by atoms with Crippen molar-refractivity contribution in [1.82, 2.24) is 10.0 Å². The third kappa shape index (κ3) is 6.14. The number of ether oxygens (including phenoxy) is 1. The van der Waals surface area contributed by atoms with E-state index < -0.39 is 10.0 Å². The van der Waals surface area contributed by atoms with Gasteiger partial charge in [0.1, 0.15) is 0 Å². The summed E-state index contributed by atoms with van der Waals surface area (Å²) < 4.78 is 31.0. The normalized spacial score (nSPS) is 11.2. The molecule has 0 heterocycles. The van der Waals surface area contributed by atoms with Crippen LogP contribution in [-0.2, 0) is 19.6 Å². The molecule has 1 rings (SSSR count). The summed E-state index contributed by atoms with van der Waals surface area (Å²) in [5, 5.41) is 2.69. The molecule has 2 N–H and O–H groups in total. The van der Waals surface area contributed by atoms with Crippen LogP contribution in [0.1, 0.15) is 12.8 Å². The van der Waals surface area contributed by atoms with Gasteiger partial charge in [-0.05, 0) is 18.6 Å². The molecule has 1 aromatic rings. The van der Waals surface area contributed by atoms with Crippen molar-refractivity contribution in [3.63, 3.8) is 0 Å². The molecule has 0 atom stereocenters. The number of carbonyl (C=O) groups excluding carboxylic acids is 1. The summed E-state index contributed by atoms with van der Waals surface area (Å²) in [6.45, 7) is 1.19. The third-order valence-electron chi connectivity index (χ3n) is 2.55. The SMILES string of the molecule is COCCCNC(=O)CCNS(=O)(=O)c1ccccc1. The van der Waals surface area contributed by atoms with Gasteiger partial charge in [-0.25, -0.2) is 13.1 Å². The molecule has 1 amide bonds. The van der Waals surface area contributed by atoms with E-state index in [0.29, 0.717) is 13.2 Å². The highest BCUT2D eigenvalue weighted by Crippen LogP contribution is 2.06. The van der Waals surface area contributed by atoms with Gasteiger partial charge < -0.3 is 10.1 Å². The van der Waals surface area contributed by atoms with Crippen LogP contribution in [0.2, 0.25) is 0 Å². The first-order valence-corrected chi connectivity index (χ1v) is 7.85. The number of rotatable bonds is 9. The Morgan fingerprint density at radius 1 is 1.20 bits per heavy atom. The fourth-order valence-corrected chi connectivity index (χ4v) is 2.57. The van der Waals surface area contributed by atoms with E-state index in [1.807, 2.05) is 0 Å². The van der Waals surface area contributed by atoms with Gasteiger partial charge in [0.15, 0.2) is 0 Å². The zero-order chi connectivity index (χ0) is 14.8. The highest BCUT2D eigenvalue weighted by atomic mass is 32.2. The van der Waals surface area contributed by atoms with E-state index in [9.17, 15) is 13.2 Å². The highest BCUT2D eigenvalue weighted by Gasteiger charge is 2.13. The van der Waals surface area contributed by atoms with Crippen molar-refractivity contribution in [2.24, 2.45) is 0 Å². The summed E-state index contributed by atoms with van der Waals surface area (Å²) in [4.78, 5) is 11.6. The van der Waals surface area contributed by atoms with Crippen LogP contribution < -0.4 is 10.0 Å². The molecule has 1 aromatic carbocycles. The number of methoxy groups -OCH3 is 1. The number of amides is 1. The van der Waals surface area contributed by atoms with Crippen LogP contribution in [0.3, 0.4) is 0 Å². The molecule has 7 heteroatoms. The molecule has 20 heavy (non-hydrogen) atoms. The first-order chi connectivity index (χ1) is 9.56. The number of hydrogen-bond donors (Lipinski definition) is 2. The molecule has 0 bridgehead atoms. The van der Waals surface area contributed by atoms with Gasteiger partial charge in [-0.15, -0.1) is 0 Å². The molecule has 0 unspecified atom stereocenters. The maximum Gasteiger partial charge on any atom is 0.240 e. The molecule has 0 aliphatic heterocycles. The second kappa shape index (κ2) is 8.68. The van der Waals surface area contributed by atoms with E-state index in [-0.39, 0.29) is 23.8 Å². The van der Waals surface area contributed by atoms with E-state index >= 15 is 0 Å². The standard InChI is InChI=1S/C13H20N2O4S/c1-19-11-5-9-14-13(16)8-10-15-20(17,18)12-6-3-2-4-7-12/h2-4,6-7,15H,5,8-11H2,1H3,(H,14,16). The zero-order valence-electron chi connectivity index (χ0n) is 11.5. The first-order valence-electron chi connectivity index (χ1n) is 6.36. The molecule has 0 fully saturated rings. The number of nitrogens with one attached hydrogen (secondary N) is 2. The number of carbonyl (C=O) groups is 1. The van der Waals surface area contributed by atoms with E-state index in [2.05, 4.69) is 10.0 Å². The van der Waals surface area contributed by atoms with Crippen LogP contribution in [0.25, 0.3) is 0 Å². The van der Waals surface area contributed by atoms with Gasteiger partial charge in [0.2, 0.25) is 15.9 Å². The topological polar surface area (TPSA) is 84.5 Å². The molecule has 0 radical (unpaired) electrons. The first kappa shape index (κ1) is 16.6. The molecule has 112 valence electrons. The number of sulfonamides is 1. The van der Waals surface area contributed by atoms with Crippen molar-refractivity contribution < 1.29 is 17.9 Å². The fraction of sp³-hybridized carbons (Fsp3) is 0.462. The Labute approximate surface area is 119 Å². The lowest BCUT2D eigenvalue weighted by molar-refractivity contribution is -0.120. The van der Waals surface area contributed by atoms with Crippen LogP contribution in [0.5, 0.6) is 0 Å². The van der Waals surface area contributed by atoms with Gasteiger partial charge in [0.25, 0.3) is 0 Å². The Balaban J connectivity index is 2.28. The Hall–Kier alpha value is -1.44. The average molecular weight is 300 g/mol. The fourth-order valence-electron chi connectivity index (χ4n) is 1.51. The average Bonchev–Trinajstić information content (AvgIpc) is 2.44. The van der Waals surface area contributed by atoms with Gasteiger partial charge in [-0.2, -0.15) is 0 Å². The number of benzene rings is 1. The summed E-state index contributed by atoms with van der Waals surface area (Å²) in [5.41, 5.74) is 0. The smallest absolute Gasteiger partial charge is 0.240 e. The summed E-state index contributed by atoms with van der Waals surface area (Å²) in [6.07, 6.45) is 0.844. The largest absolute Gasteiger partial charge is 0.385 e. The molecule has 6 nitrogen and oxygen atoms in total. The van der Waals surface area contributed by atoms with Crippen LogP contribution in [0.15, 0.2) is 35.2 Å². The quantitative estimate of drug-likeness (QED) is 0.651. The maximum absolute atomic E-state index is 11.9. The van der Waals surface area contributed by atoms with E-state index in [4.69, 9.17) is 4.74 Å². The minimum Gasteiger partial charge on any atom is -0.385 e. The summed E-state index contributed by atoms with van der Waals surface area (Å²) in [6, 6.07) is 8.06. The van der Waals surface area contributed by atoms with Gasteiger partial charge in [0.05, 0.1) is 4.90 Å². The minimum absolute atomic E-state index is 0.0767. The van der Waals surface area contributed by atoms with Crippen LogP contribution in [-0.4, -0.2) is 41.1 Å². The molecule has 0 aliphatic carbocycles. The van der Waals surface area contributed by atoms with Crippen molar-refractivity contribution in [1.29, 1.82) is 0 Å². The van der Waals surface area contributed by atoms with E-state index in [0.717, 1.165) is 6.42 Å². The van der Waals surface area contributed by atoms with Gasteiger partial charge in [-0.1, -0.05) is 18.2 Å². The Kier molecular flexibility index (Phi) is 7.21. The lowest BCUT2D eigenvalue weighted by Crippen LogP contribution is -2.31.